The Morgan fingerprint density at radius 2 is 2.25 bits per heavy atom. The topological polar surface area (TPSA) is 76.6 Å². The molecule has 2 aromatic rings. The van der Waals surface area contributed by atoms with Crippen molar-refractivity contribution >= 4 is 11.7 Å². The van der Waals surface area contributed by atoms with E-state index >= 15 is 0 Å². The number of pyridine rings is 2. The second-order valence-electron chi connectivity index (χ2n) is 5.40. The van der Waals surface area contributed by atoms with Gasteiger partial charge in [0.1, 0.15) is 11.9 Å². The fraction of sp³-hybridized carbons (Fsp3) is 0.353. The molecule has 1 atom stereocenters. The summed E-state index contributed by atoms with van der Waals surface area (Å²) >= 11 is 0. The third-order valence-corrected chi connectivity index (χ3v) is 3.90. The van der Waals surface area contributed by atoms with Crippen molar-refractivity contribution in [2.24, 2.45) is 0 Å². The Kier molecular flexibility index (Phi) is 4.90. The molecule has 0 aromatic carbocycles. The highest BCUT2D eigenvalue weighted by Gasteiger charge is 2.27. The lowest BCUT2D eigenvalue weighted by Crippen LogP contribution is -2.42. The lowest BCUT2D eigenvalue weighted by atomic mass is 10.1. The quantitative estimate of drug-likeness (QED) is 0.921. The predicted octanol–water partition coefficient (Wildman–Crippen LogP) is 1.74. The molecule has 1 aliphatic rings. The number of hydrogen-bond acceptors (Lipinski definition) is 6. The number of nitrogens with one attached hydrogen (secondary N) is 1. The number of aromatic nitrogens is 2. The zero-order valence-electron chi connectivity index (χ0n) is 13.7. The normalized spacial score (nSPS) is 17.4. The van der Waals surface area contributed by atoms with E-state index in [0.717, 1.165) is 11.5 Å². The van der Waals surface area contributed by atoms with Gasteiger partial charge in [-0.05, 0) is 18.2 Å². The van der Waals surface area contributed by atoms with Gasteiger partial charge in [-0.2, -0.15) is 0 Å². The van der Waals surface area contributed by atoms with Gasteiger partial charge in [0, 0.05) is 25.9 Å². The third-order valence-electron chi connectivity index (χ3n) is 3.90. The summed E-state index contributed by atoms with van der Waals surface area (Å²) in [5.74, 6) is 1.20. The Labute approximate surface area is 140 Å². The summed E-state index contributed by atoms with van der Waals surface area (Å²) in [6.45, 7) is 1.49. The number of rotatable bonds is 4. The Morgan fingerprint density at radius 3 is 2.96 bits per heavy atom. The molecule has 0 spiro atoms. The maximum atomic E-state index is 12.7. The Hall–Kier alpha value is -2.67. The molecule has 3 rings (SSSR count). The van der Waals surface area contributed by atoms with E-state index in [1.54, 1.807) is 24.1 Å². The maximum Gasteiger partial charge on any atom is 0.255 e. The van der Waals surface area contributed by atoms with Gasteiger partial charge in [-0.1, -0.05) is 6.07 Å². The molecule has 7 nitrogen and oxygen atoms in total. The molecule has 0 radical (unpaired) electrons. The van der Waals surface area contributed by atoms with Crippen molar-refractivity contribution in [2.75, 3.05) is 39.2 Å². The van der Waals surface area contributed by atoms with Gasteiger partial charge in [0.05, 0.1) is 31.5 Å². The van der Waals surface area contributed by atoms with Gasteiger partial charge in [-0.3, -0.25) is 4.79 Å². The average molecular weight is 328 g/mol. The molecular formula is C17H20N4O3. The summed E-state index contributed by atoms with van der Waals surface area (Å²) < 4.78 is 10.8. The van der Waals surface area contributed by atoms with Gasteiger partial charge >= 0.3 is 0 Å². The molecule has 0 bridgehead atoms. The van der Waals surface area contributed by atoms with Gasteiger partial charge in [0.25, 0.3) is 5.91 Å². The number of amides is 1. The lowest BCUT2D eigenvalue weighted by Gasteiger charge is -2.32. The fourth-order valence-electron chi connectivity index (χ4n) is 2.59. The second kappa shape index (κ2) is 7.27. The van der Waals surface area contributed by atoms with E-state index in [1.807, 2.05) is 25.2 Å². The molecule has 1 N–H and O–H groups in total. The van der Waals surface area contributed by atoms with Crippen LogP contribution in [0.15, 0.2) is 36.5 Å². The van der Waals surface area contributed by atoms with E-state index in [4.69, 9.17) is 9.47 Å². The Balaban J connectivity index is 1.73. The summed E-state index contributed by atoms with van der Waals surface area (Å²) in [4.78, 5) is 23.0. The fourth-order valence-corrected chi connectivity index (χ4v) is 2.59. The number of carbonyl (C=O) groups excluding carboxylic acids is 1. The van der Waals surface area contributed by atoms with E-state index in [9.17, 15) is 4.79 Å². The zero-order chi connectivity index (χ0) is 16.9. The number of methoxy groups -OCH3 is 1. The summed E-state index contributed by atoms with van der Waals surface area (Å²) in [6, 6.07) is 9.12. The largest absolute Gasteiger partial charge is 0.481 e. The van der Waals surface area contributed by atoms with Crippen LogP contribution in [-0.2, 0) is 4.74 Å². The van der Waals surface area contributed by atoms with Gasteiger partial charge in [0.2, 0.25) is 5.88 Å². The van der Waals surface area contributed by atoms with Crippen LogP contribution in [0, 0.1) is 0 Å². The predicted molar refractivity (Wildman–Crippen MR) is 89.2 cm³/mol. The van der Waals surface area contributed by atoms with Crippen molar-refractivity contribution in [3.05, 3.63) is 47.8 Å². The van der Waals surface area contributed by atoms with Crippen molar-refractivity contribution in [1.82, 2.24) is 14.9 Å². The highest BCUT2D eigenvalue weighted by molar-refractivity contribution is 5.94. The van der Waals surface area contributed by atoms with Crippen LogP contribution in [0.2, 0.25) is 0 Å². The van der Waals surface area contributed by atoms with Crippen LogP contribution in [0.4, 0.5) is 5.82 Å². The summed E-state index contributed by atoms with van der Waals surface area (Å²) in [5, 5.41) is 3.01. The summed E-state index contributed by atoms with van der Waals surface area (Å²) in [5.41, 5.74) is 1.35. The third kappa shape index (κ3) is 3.46. The monoisotopic (exact) mass is 328 g/mol. The van der Waals surface area contributed by atoms with Gasteiger partial charge in [-0.25, -0.2) is 9.97 Å². The summed E-state index contributed by atoms with van der Waals surface area (Å²) in [7, 11) is 3.36. The Bertz CT molecular complexity index is 705. The number of morpholine rings is 1. The highest BCUT2D eigenvalue weighted by Crippen LogP contribution is 2.23. The zero-order valence-corrected chi connectivity index (χ0v) is 13.7. The van der Waals surface area contributed by atoms with Crippen LogP contribution in [0.5, 0.6) is 5.88 Å². The van der Waals surface area contributed by atoms with E-state index < -0.39 is 0 Å². The first kappa shape index (κ1) is 16.2. The van der Waals surface area contributed by atoms with E-state index in [-0.39, 0.29) is 12.0 Å². The molecule has 3 heterocycles. The van der Waals surface area contributed by atoms with Gasteiger partial charge < -0.3 is 19.7 Å². The van der Waals surface area contributed by atoms with Crippen molar-refractivity contribution in [2.45, 2.75) is 6.10 Å². The molecule has 7 heteroatoms. The molecule has 0 saturated carbocycles. The average Bonchev–Trinajstić information content (AvgIpc) is 2.67. The smallest absolute Gasteiger partial charge is 0.255 e. The SMILES string of the molecule is CNc1cccc([C@H]2CN(C(=O)c3ccc(OC)nc3)CCO2)n1. The van der Waals surface area contributed by atoms with Crippen molar-refractivity contribution in [3.8, 4) is 5.88 Å². The van der Waals surface area contributed by atoms with Crippen molar-refractivity contribution < 1.29 is 14.3 Å². The van der Waals surface area contributed by atoms with Crippen LogP contribution < -0.4 is 10.1 Å². The first-order valence-corrected chi connectivity index (χ1v) is 7.77. The van der Waals surface area contributed by atoms with Crippen LogP contribution >= 0.6 is 0 Å². The van der Waals surface area contributed by atoms with Gasteiger partial charge in [-0.15, -0.1) is 0 Å². The molecule has 1 fully saturated rings. The van der Waals surface area contributed by atoms with Crippen LogP contribution in [-0.4, -0.2) is 54.6 Å². The molecule has 0 aliphatic carbocycles. The Morgan fingerprint density at radius 1 is 1.38 bits per heavy atom. The minimum absolute atomic E-state index is 0.0665. The van der Waals surface area contributed by atoms with E-state index in [0.29, 0.717) is 31.1 Å². The molecular weight excluding hydrogens is 308 g/mol. The number of carbonyl (C=O) groups is 1. The van der Waals surface area contributed by atoms with Crippen LogP contribution in [0.1, 0.15) is 22.2 Å². The molecule has 1 saturated heterocycles. The minimum Gasteiger partial charge on any atom is -0.481 e. The number of hydrogen-bond donors (Lipinski definition) is 1. The number of anilines is 1. The minimum atomic E-state index is -0.234. The van der Waals surface area contributed by atoms with Crippen molar-refractivity contribution in [3.63, 3.8) is 0 Å². The van der Waals surface area contributed by atoms with Crippen LogP contribution in [0.3, 0.4) is 0 Å². The van der Waals surface area contributed by atoms with E-state index in [2.05, 4.69) is 15.3 Å². The summed E-state index contributed by atoms with van der Waals surface area (Å²) in [6.07, 6.45) is 1.30. The molecule has 1 amide bonds. The molecule has 24 heavy (non-hydrogen) atoms. The maximum absolute atomic E-state index is 12.7. The standard InChI is InChI=1S/C17H20N4O3/c1-18-15-5-3-4-13(20-15)14-11-21(8-9-24-14)17(22)12-6-7-16(23-2)19-10-12/h3-7,10,14H,8-9,11H2,1-2H3,(H,18,20)/t14-/m1/s1. The molecule has 126 valence electrons. The molecule has 2 aromatic heterocycles. The molecule has 0 unspecified atom stereocenters. The second-order valence-corrected chi connectivity index (χ2v) is 5.40. The first-order valence-electron chi connectivity index (χ1n) is 7.77. The molecule has 1 aliphatic heterocycles. The highest BCUT2D eigenvalue weighted by atomic mass is 16.5. The number of ether oxygens (including phenoxy) is 2. The van der Waals surface area contributed by atoms with E-state index in [1.165, 1.54) is 6.20 Å². The number of nitrogens with zero attached hydrogens (tertiary/aromatic N) is 3. The van der Waals surface area contributed by atoms with Gasteiger partial charge in [0.15, 0.2) is 0 Å². The van der Waals surface area contributed by atoms with Crippen LogP contribution in [0.25, 0.3) is 0 Å². The van der Waals surface area contributed by atoms with Crippen molar-refractivity contribution in [1.29, 1.82) is 0 Å². The first-order chi connectivity index (χ1) is 11.7. The lowest BCUT2D eigenvalue weighted by molar-refractivity contribution is -0.0246.